The second kappa shape index (κ2) is 5.69. The van der Waals surface area contributed by atoms with Crippen molar-refractivity contribution < 1.29 is 9.47 Å². The van der Waals surface area contributed by atoms with E-state index in [1.54, 1.807) is 25.4 Å². The third-order valence-electron chi connectivity index (χ3n) is 2.45. The molecular formula is C14H12N2O2. The lowest BCUT2D eigenvalue weighted by atomic mass is 10.2. The predicted octanol–water partition coefficient (Wildman–Crippen LogP) is 2.54. The van der Waals surface area contributed by atoms with Crippen molar-refractivity contribution in [3.63, 3.8) is 0 Å². The summed E-state index contributed by atoms with van der Waals surface area (Å²) < 4.78 is 10.8. The number of hydrogen-bond acceptors (Lipinski definition) is 4. The molecule has 1 aromatic carbocycles. The number of aromatic nitrogens is 1. The van der Waals surface area contributed by atoms with Crippen LogP contribution in [0.5, 0.6) is 11.6 Å². The highest BCUT2D eigenvalue weighted by molar-refractivity contribution is 5.38. The van der Waals surface area contributed by atoms with Crippen molar-refractivity contribution in [3.8, 4) is 17.7 Å². The van der Waals surface area contributed by atoms with Gasteiger partial charge in [-0.05, 0) is 18.2 Å². The van der Waals surface area contributed by atoms with Crippen molar-refractivity contribution in [2.45, 2.75) is 6.61 Å². The van der Waals surface area contributed by atoms with E-state index < -0.39 is 0 Å². The lowest BCUT2D eigenvalue weighted by molar-refractivity contribution is 0.285. The number of para-hydroxylation sites is 1. The summed E-state index contributed by atoms with van der Waals surface area (Å²) in [4.78, 5) is 4.03. The SMILES string of the molecule is COc1ccccc1COc1ncccc1C#N. The van der Waals surface area contributed by atoms with Crippen LogP contribution in [0, 0.1) is 11.3 Å². The fraction of sp³-hybridized carbons (Fsp3) is 0.143. The maximum Gasteiger partial charge on any atom is 0.231 e. The van der Waals surface area contributed by atoms with Gasteiger partial charge in [-0.25, -0.2) is 4.98 Å². The van der Waals surface area contributed by atoms with Crippen LogP contribution in [0.25, 0.3) is 0 Å². The third-order valence-corrected chi connectivity index (χ3v) is 2.45. The first kappa shape index (κ1) is 11.9. The smallest absolute Gasteiger partial charge is 0.231 e. The number of hydrogen-bond donors (Lipinski definition) is 0. The average Bonchev–Trinajstić information content (AvgIpc) is 2.45. The zero-order valence-electron chi connectivity index (χ0n) is 9.96. The van der Waals surface area contributed by atoms with Crippen LogP contribution in [0.1, 0.15) is 11.1 Å². The van der Waals surface area contributed by atoms with Gasteiger partial charge in [0.1, 0.15) is 24.0 Å². The summed E-state index contributed by atoms with van der Waals surface area (Å²) in [6.45, 7) is 0.315. The zero-order valence-corrected chi connectivity index (χ0v) is 9.96. The molecule has 0 bridgehead atoms. The average molecular weight is 240 g/mol. The first-order valence-corrected chi connectivity index (χ1v) is 5.45. The van der Waals surface area contributed by atoms with Gasteiger partial charge in [-0.15, -0.1) is 0 Å². The molecule has 0 spiro atoms. The lowest BCUT2D eigenvalue weighted by Gasteiger charge is -2.09. The standard InChI is InChI=1S/C14H12N2O2/c1-17-13-7-3-2-5-12(13)10-18-14-11(9-15)6-4-8-16-14/h2-8H,10H2,1H3. The Morgan fingerprint density at radius 1 is 1.22 bits per heavy atom. The van der Waals surface area contributed by atoms with Gasteiger partial charge in [0.05, 0.1) is 7.11 Å². The van der Waals surface area contributed by atoms with E-state index in [-0.39, 0.29) is 0 Å². The minimum Gasteiger partial charge on any atom is -0.496 e. The van der Waals surface area contributed by atoms with Gasteiger partial charge in [0.2, 0.25) is 5.88 Å². The van der Waals surface area contributed by atoms with Crippen LogP contribution in [-0.2, 0) is 6.61 Å². The van der Waals surface area contributed by atoms with Gasteiger partial charge in [0.15, 0.2) is 0 Å². The van der Waals surface area contributed by atoms with E-state index in [1.165, 1.54) is 0 Å². The van der Waals surface area contributed by atoms with Crippen LogP contribution < -0.4 is 9.47 Å². The Morgan fingerprint density at radius 3 is 2.83 bits per heavy atom. The van der Waals surface area contributed by atoms with Crippen LogP contribution in [0.2, 0.25) is 0 Å². The number of ether oxygens (including phenoxy) is 2. The van der Waals surface area contributed by atoms with Crippen LogP contribution in [-0.4, -0.2) is 12.1 Å². The van der Waals surface area contributed by atoms with E-state index in [2.05, 4.69) is 4.98 Å². The fourth-order valence-electron chi connectivity index (χ4n) is 1.56. The van der Waals surface area contributed by atoms with Crippen molar-refractivity contribution in [2.75, 3.05) is 7.11 Å². The van der Waals surface area contributed by atoms with E-state index in [0.717, 1.165) is 11.3 Å². The van der Waals surface area contributed by atoms with E-state index in [1.807, 2.05) is 30.3 Å². The number of pyridine rings is 1. The molecule has 0 fully saturated rings. The third kappa shape index (κ3) is 2.58. The van der Waals surface area contributed by atoms with Crippen LogP contribution >= 0.6 is 0 Å². The van der Waals surface area contributed by atoms with E-state index >= 15 is 0 Å². The van der Waals surface area contributed by atoms with Gasteiger partial charge in [-0.2, -0.15) is 5.26 Å². The fourth-order valence-corrected chi connectivity index (χ4v) is 1.56. The molecule has 2 aromatic rings. The van der Waals surface area contributed by atoms with E-state index in [0.29, 0.717) is 18.1 Å². The number of benzene rings is 1. The molecule has 0 radical (unpaired) electrons. The van der Waals surface area contributed by atoms with Crippen LogP contribution in [0.15, 0.2) is 42.6 Å². The molecule has 0 saturated heterocycles. The first-order chi connectivity index (χ1) is 8.85. The molecule has 0 saturated carbocycles. The van der Waals surface area contributed by atoms with Crippen molar-refractivity contribution in [1.29, 1.82) is 5.26 Å². The van der Waals surface area contributed by atoms with Gasteiger partial charge in [-0.3, -0.25) is 0 Å². The Kier molecular flexibility index (Phi) is 3.77. The maximum atomic E-state index is 8.92. The molecule has 1 heterocycles. The summed E-state index contributed by atoms with van der Waals surface area (Å²) in [5.41, 5.74) is 1.34. The number of nitriles is 1. The molecule has 2 rings (SSSR count). The molecule has 0 aliphatic rings. The highest BCUT2D eigenvalue weighted by atomic mass is 16.5. The van der Waals surface area contributed by atoms with Crippen LogP contribution in [0.4, 0.5) is 0 Å². The normalized spacial score (nSPS) is 9.56. The molecule has 0 aliphatic heterocycles. The number of methoxy groups -OCH3 is 1. The minimum absolute atomic E-state index is 0.315. The van der Waals surface area contributed by atoms with Crippen molar-refractivity contribution in [1.82, 2.24) is 4.98 Å². The topological polar surface area (TPSA) is 55.1 Å². The summed E-state index contributed by atoms with van der Waals surface area (Å²) in [6.07, 6.45) is 1.60. The molecule has 0 atom stereocenters. The second-order valence-corrected chi connectivity index (χ2v) is 3.57. The van der Waals surface area contributed by atoms with Gasteiger partial charge in [0.25, 0.3) is 0 Å². The van der Waals surface area contributed by atoms with Crippen molar-refractivity contribution in [2.24, 2.45) is 0 Å². The summed E-state index contributed by atoms with van der Waals surface area (Å²) in [5, 5.41) is 8.92. The highest BCUT2D eigenvalue weighted by Gasteiger charge is 2.06. The molecule has 0 N–H and O–H groups in total. The maximum absolute atomic E-state index is 8.92. The monoisotopic (exact) mass is 240 g/mol. The Bertz CT molecular complexity index is 576. The number of rotatable bonds is 4. The molecule has 0 amide bonds. The summed E-state index contributed by atoms with van der Waals surface area (Å²) >= 11 is 0. The van der Waals surface area contributed by atoms with E-state index in [4.69, 9.17) is 14.7 Å². The van der Waals surface area contributed by atoms with Gasteiger partial charge >= 0.3 is 0 Å². The van der Waals surface area contributed by atoms with Gasteiger partial charge < -0.3 is 9.47 Å². The Morgan fingerprint density at radius 2 is 2.06 bits per heavy atom. The van der Waals surface area contributed by atoms with Gasteiger partial charge in [0, 0.05) is 11.8 Å². The molecular weight excluding hydrogens is 228 g/mol. The Hall–Kier alpha value is -2.54. The molecule has 1 aromatic heterocycles. The minimum atomic E-state index is 0.315. The molecule has 4 nitrogen and oxygen atoms in total. The second-order valence-electron chi connectivity index (χ2n) is 3.57. The predicted molar refractivity (Wildman–Crippen MR) is 66.3 cm³/mol. The zero-order chi connectivity index (χ0) is 12.8. The van der Waals surface area contributed by atoms with E-state index in [9.17, 15) is 0 Å². The molecule has 18 heavy (non-hydrogen) atoms. The van der Waals surface area contributed by atoms with Crippen molar-refractivity contribution in [3.05, 3.63) is 53.7 Å². The molecule has 4 heteroatoms. The Balaban J connectivity index is 2.14. The summed E-state index contributed by atoms with van der Waals surface area (Å²) in [5.74, 6) is 1.10. The highest BCUT2D eigenvalue weighted by Crippen LogP contribution is 2.20. The Labute approximate surface area is 105 Å². The first-order valence-electron chi connectivity index (χ1n) is 5.45. The molecule has 0 aliphatic carbocycles. The number of nitrogens with zero attached hydrogens (tertiary/aromatic N) is 2. The molecule has 90 valence electrons. The van der Waals surface area contributed by atoms with Crippen LogP contribution in [0.3, 0.4) is 0 Å². The largest absolute Gasteiger partial charge is 0.496 e. The summed E-state index contributed by atoms with van der Waals surface area (Å²) in [7, 11) is 1.61. The van der Waals surface area contributed by atoms with Gasteiger partial charge in [-0.1, -0.05) is 18.2 Å². The molecule has 0 unspecified atom stereocenters. The summed E-state index contributed by atoms with van der Waals surface area (Å²) in [6, 6.07) is 13.0. The quantitative estimate of drug-likeness (QED) is 0.824. The van der Waals surface area contributed by atoms with Crippen molar-refractivity contribution >= 4 is 0 Å². The lowest BCUT2D eigenvalue weighted by Crippen LogP contribution is -2.01.